The number of Topliss-reactive ketones (excluding diaryl/α,β-unsaturated/α-hetero) is 1. The molecule has 2 aromatic carbocycles. The van der Waals surface area contributed by atoms with E-state index in [1.807, 2.05) is 30.3 Å². The van der Waals surface area contributed by atoms with Crippen LogP contribution in [0.1, 0.15) is 44.2 Å². The summed E-state index contributed by atoms with van der Waals surface area (Å²) in [4.78, 5) is 16.5. The highest BCUT2D eigenvalue weighted by atomic mass is 32.2. The lowest BCUT2D eigenvalue weighted by atomic mass is 9.93. The third-order valence-corrected chi connectivity index (χ3v) is 5.94. The van der Waals surface area contributed by atoms with Crippen LogP contribution in [0.4, 0.5) is 0 Å². The van der Waals surface area contributed by atoms with Gasteiger partial charge in [-0.15, -0.1) is 0 Å². The highest BCUT2D eigenvalue weighted by molar-refractivity contribution is 7.90. The summed E-state index contributed by atoms with van der Waals surface area (Å²) in [5.74, 6) is 1.05. The number of aliphatic imine (C=N–C) groups is 1. The summed E-state index contributed by atoms with van der Waals surface area (Å²) in [6, 6.07) is 15.8. The highest BCUT2D eigenvalue weighted by Gasteiger charge is 2.17. The molecule has 0 spiro atoms. The van der Waals surface area contributed by atoms with Crippen LogP contribution in [-0.2, 0) is 14.6 Å². The minimum absolute atomic E-state index is 0.0803. The van der Waals surface area contributed by atoms with Crippen molar-refractivity contribution >= 4 is 33.0 Å². The van der Waals surface area contributed by atoms with Gasteiger partial charge in [0.1, 0.15) is 0 Å². The molecule has 0 radical (unpaired) electrons. The van der Waals surface area contributed by atoms with Gasteiger partial charge in [-0.3, -0.25) is 9.79 Å². The fourth-order valence-electron chi connectivity index (χ4n) is 2.97. The zero-order chi connectivity index (χ0) is 21.4. The predicted molar refractivity (Wildman–Crippen MR) is 121 cm³/mol. The van der Waals surface area contributed by atoms with Crippen molar-refractivity contribution in [3.05, 3.63) is 65.7 Å². The van der Waals surface area contributed by atoms with E-state index in [0.717, 1.165) is 23.3 Å². The van der Waals surface area contributed by atoms with Crippen LogP contribution >= 0.6 is 0 Å². The number of carbonyl (C=O) groups excluding carboxylic acids is 1. The number of nitrogens with zero attached hydrogens (tertiary/aromatic N) is 1. The molecule has 5 heteroatoms. The molecule has 3 rings (SSSR count). The van der Waals surface area contributed by atoms with Gasteiger partial charge in [0.2, 0.25) is 0 Å². The Morgan fingerprint density at radius 1 is 1.03 bits per heavy atom. The van der Waals surface area contributed by atoms with Gasteiger partial charge in [-0.05, 0) is 36.1 Å². The second kappa shape index (κ2) is 10.3. The summed E-state index contributed by atoms with van der Waals surface area (Å²) in [7, 11) is -1.63. The van der Waals surface area contributed by atoms with Crippen LogP contribution in [0.25, 0.3) is 11.1 Å². The number of hydrogen-bond acceptors (Lipinski definition) is 4. The van der Waals surface area contributed by atoms with Crippen molar-refractivity contribution in [1.82, 2.24) is 0 Å². The Labute approximate surface area is 174 Å². The lowest BCUT2D eigenvalue weighted by molar-refractivity contribution is -0.111. The number of carbonyl (C=O) groups is 1. The monoisotopic (exact) mass is 411 g/mol. The smallest absolute Gasteiger partial charge is 0.175 e. The molecule has 2 aromatic rings. The second-order valence-corrected chi connectivity index (χ2v) is 9.26. The van der Waals surface area contributed by atoms with E-state index in [1.54, 1.807) is 25.4 Å². The number of sulfone groups is 1. The summed E-state index contributed by atoms with van der Waals surface area (Å²) in [5, 5.41) is 0. The molecule has 0 unspecified atom stereocenters. The third kappa shape index (κ3) is 6.79. The van der Waals surface area contributed by atoms with E-state index >= 15 is 0 Å². The normalized spacial score (nSPS) is 14.8. The molecule has 1 aliphatic rings. The van der Waals surface area contributed by atoms with Gasteiger partial charge in [0, 0.05) is 30.7 Å². The van der Waals surface area contributed by atoms with Gasteiger partial charge in [0.05, 0.1) is 4.90 Å². The largest absolute Gasteiger partial charge is 0.296 e. The van der Waals surface area contributed by atoms with Crippen molar-refractivity contribution in [1.29, 1.82) is 0 Å². The predicted octanol–water partition coefficient (Wildman–Crippen LogP) is 5.10. The Bertz CT molecular complexity index is 984. The van der Waals surface area contributed by atoms with Crippen molar-refractivity contribution < 1.29 is 13.2 Å². The molecule has 0 bridgehead atoms. The fraction of sp³-hybridized carbons (Fsp3) is 0.333. The number of benzene rings is 2. The highest BCUT2D eigenvalue weighted by Crippen LogP contribution is 2.31. The average molecular weight is 412 g/mol. The zero-order valence-electron chi connectivity index (χ0n) is 17.6. The summed E-state index contributed by atoms with van der Waals surface area (Å²) in [5.41, 5.74) is 2.75. The fourth-order valence-corrected chi connectivity index (χ4v) is 3.60. The van der Waals surface area contributed by atoms with Crippen molar-refractivity contribution in [2.45, 2.75) is 38.0 Å². The molecule has 154 valence electrons. The van der Waals surface area contributed by atoms with Crippen LogP contribution in [0, 0.1) is 5.92 Å². The van der Waals surface area contributed by atoms with E-state index in [4.69, 9.17) is 0 Å². The van der Waals surface area contributed by atoms with Gasteiger partial charge < -0.3 is 0 Å². The molecular weight excluding hydrogens is 382 g/mol. The molecule has 1 saturated carbocycles. The first-order valence-corrected chi connectivity index (χ1v) is 11.7. The Morgan fingerprint density at radius 2 is 1.62 bits per heavy atom. The minimum Gasteiger partial charge on any atom is -0.296 e. The van der Waals surface area contributed by atoms with Gasteiger partial charge >= 0.3 is 0 Å². The summed E-state index contributed by atoms with van der Waals surface area (Å²) in [6.45, 7) is 3.77. The maximum Gasteiger partial charge on any atom is 0.175 e. The molecule has 1 aliphatic carbocycles. The maximum absolute atomic E-state index is 12.2. The molecule has 0 atom stereocenters. The molecule has 0 aliphatic heterocycles. The van der Waals surface area contributed by atoms with Crippen LogP contribution in [0.2, 0.25) is 0 Å². The van der Waals surface area contributed by atoms with E-state index in [9.17, 15) is 13.2 Å². The van der Waals surface area contributed by atoms with Crippen molar-refractivity contribution in [2.24, 2.45) is 10.9 Å². The Balaban J connectivity index is 0.000000521. The molecule has 0 N–H and O–H groups in total. The van der Waals surface area contributed by atoms with E-state index in [-0.39, 0.29) is 10.7 Å². The topological polar surface area (TPSA) is 63.6 Å². The molecule has 29 heavy (non-hydrogen) atoms. The van der Waals surface area contributed by atoms with Gasteiger partial charge in [-0.2, -0.15) is 0 Å². The Hall–Kier alpha value is -2.53. The zero-order valence-corrected chi connectivity index (χ0v) is 18.4. The third-order valence-electron chi connectivity index (χ3n) is 4.81. The van der Waals surface area contributed by atoms with Crippen molar-refractivity contribution in [3.8, 4) is 0 Å². The van der Waals surface area contributed by atoms with Crippen molar-refractivity contribution in [3.63, 3.8) is 0 Å². The second-order valence-electron chi connectivity index (χ2n) is 7.25. The maximum atomic E-state index is 12.2. The summed E-state index contributed by atoms with van der Waals surface area (Å²) >= 11 is 0. The minimum atomic E-state index is -3.26. The van der Waals surface area contributed by atoms with Crippen LogP contribution in [0.5, 0.6) is 0 Å². The van der Waals surface area contributed by atoms with E-state index in [1.165, 1.54) is 38.3 Å². The van der Waals surface area contributed by atoms with Gasteiger partial charge in [-0.1, -0.05) is 68.7 Å². The Kier molecular flexibility index (Phi) is 8.09. The summed E-state index contributed by atoms with van der Waals surface area (Å²) in [6.07, 6.45) is 7.23. The molecular formula is C24H29NO3S. The van der Waals surface area contributed by atoms with Crippen LogP contribution in [-0.4, -0.2) is 33.7 Å². The van der Waals surface area contributed by atoms with Gasteiger partial charge in [-0.25, -0.2) is 8.42 Å². The average Bonchev–Trinajstić information content (AvgIpc) is 3.53. The number of hydrogen-bond donors (Lipinski definition) is 0. The molecule has 0 heterocycles. The lowest BCUT2D eigenvalue weighted by Gasteiger charge is -2.11. The molecule has 1 fully saturated rings. The first kappa shape index (κ1) is 22.8. The number of rotatable bonds is 6. The SMILES string of the molecule is CCC1CC1.CN=C/C(=C(\C(C)=O)c1ccccc1)c1ccc(S(C)(=O)=O)cc1. The molecule has 0 saturated heterocycles. The van der Waals surface area contributed by atoms with Gasteiger partial charge in [0.25, 0.3) is 0 Å². The molecule has 4 nitrogen and oxygen atoms in total. The van der Waals surface area contributed by atoms with E-state index in [0.29, 0.717) is 11.1 Å². The van der Waals surface area contributed by atoms with Crippen LogP contribution in [0.15, 0.2) is 64.5 Å². The number of ketones is 1. The Morgan fingerprint density at radius 3 is 2.00 bits per heavy atom. The van der Waals surface area contributed by atoms with Crippen molar-refractivity contribution in [2.75, 3.05) is 13.3 Å². The molecule has 0 amide bonds. The van der Waals surface area contributed by atoms with Gasteiger partial charge in [0.15, 0.2) is 15.6 Å². The first-order chi connectivity index (χ1) is 13.8. The molecule has 0 aromatic heterocycles. The first-order valence-electron chi connectivity index (χ1n) is 9.81. The number of allylic oxidation sites excluding steroid dienone is 2. The standard InChI is InChI=1S/C19H19NO3S.C5H10/c1-14(21)19(16-7-5-4-6-8-16)18(13-20-2)15-9-11-17(12-10-15)24(3,22)23;1-2-5-3-4-5/h4-13H,1-3H3;5H,2-4H2,1H3/b19-18-,20-13?;. The van der Waals surface area contributed by atoms with Crippen LogP contribution < -0.4 is 0 Å². The summed E-state index contributed by atoms with van der Waals surface area (Å²) < 4.78 is 23.2. The quantitative estimate of drug-likeness (QED) is 0.377. The van der Waals surface area contributed by atoms with Crippen LogP contribution in [0.3, 0.4) is 0 Å². The van der Waals surface area contributed by atoms with E-state index in [2.05, 4.69) is 11.9 Å². The lowest BCUT2D eigenvalue weighted by Crippen LogP contribution is -2.03. The van der Waals surface area contributed by atoms with E-state index < -0.39 is 9.84 Å².